The summed E-state index contributed by atoms with van der Waals surface area (Å²) < 4.78 is 10.8. The summed E-state index contributed by atoms with van der Waals surface area (Å²) in [7, 11) is 1.51. The van der Waals surface area contributed by atoms with Gasteiger partial charge in [0.25, 0.3) is 5.91 Å². The monoisotopic (exact) mass is 402 g/mol. The molecule has 0 saturated heterocycles. The Balaban J connectivity index is 2.03. The fraction of sp³-hybridized carbons (Fsp3) is 0.238. The number of halogens is 1. The maximum absolute atomic E-state index is 12.3. The Labute approximate surface area is 168 Å². The lowest BCUT2D eigenvalue weighted by Crippen LogP contribution is -2.36. The molecule has 0 radical (unpaired) electrons. The first-order valence-electron chi connectivity index (χ1n) is 8.58. The number of methoxy groups -OCH3 is 1. The highest BCUT2D eigenvalue weighted by atomic mass is 35.5. The van der Waals surface area contributed by atoms with Crippen LogP contribution in [0.5, 0.6) is 11.5 Å². The van der Waals surface area contributed by atoms with Gasteiger partial charge < -0.3 is 24.7 Å². The summed E-state index contributed by atoms with van der Waals surface area (Å²) in [5.41, 5.74) is 1.61. The van der Waals surface area contributed by atoms with Gasteiger partial charge in [-0.15, -0.1) is 6.58 Å². The molecule has 0 unspecified atom stereocenters. The lowest BCUT2D eigenvalue weighted by atomic mass is 10.0. The van der Waals surface area contributed by atoms with Gasteiger partial charge in [-0.2, -0.15) is 0 Å². The minimum atomic E-state index is -1.28. The number of carbonyl (C=O) groups is 2. The van der Waals surface area contributed by atoms with E-state index in [1.807, 2.05) is 12.1 Å². The van der Waals surface area contributed by atoms with Crippen molar-refractivity contribution in [1.29, 1.82) is 0 Å². The van der Waals surface area contributed by atoms with Gasteiger partial charge in [-0.3, -0.25) is 4.79 Å². The Bertz CT molecular complexity index is 835. The molecule has 2 aromatic rings. The summed E-state index contributed by atoms with van der Waals surface area (Å²) in [5, 5.41) is 14.2. The molecule has 0 aliphatic rings. The Hall–Kier alpha value is -2.99. The van der Waals surface area contributed by atoms with Crippen LogP contribution in [0.3, 0.4) is 0 Å². The number of carboxylic acids is 1. The van der Waals surface area contributed by atoms with Crippen molar-refractivity contribution < 1.29 is 24.2 Å². The van der Waals surface area contributed by atoms with Crippen LogP contribution in [0.1, 0.15) is 23.6 Å². The highest BCUT2D eigenvalue weighted by Gasteiger charge is 2.16. The molecule has 28 heavy (non-hydrogen) atoms. The number of nitrogens with one attached hydrogen (secondary N) is 1. The molecule has 0 aliphatic carbocycles. The fourth-order valence-corrected chi connectivity index (χ4v) is 2.74. The minimum Gasteiger partial charge on any atom is -0.550 e. The van der Waals surface area contributed by atoms with Crippen molar-refractivity contribution in [2.75, 3.05) is 13.7 Å². The number of ether oxygens (including phenoxy) is 2. The van der Waals surface area contributed by atoms with Crippen molar-refractivity contribution >= 4 is 23.5 Å². The van der Waals surface area contributed by atoms with Crippen LogP contribution in [0.25, 0.3) is 0 Å². The smallest absolute Gasteiger partial charge is 0.258 e. The molecule has 0 heterocycles. The first-order valence-corrected chi connectivity index (χ1v) is 8.96. The molecule has 0 saturated carbocycles. The van der Waals surface area contributed by atoms with Crippen molar-refractivity contribution in [3.63, 3.8) is 0 Å². The molecule has 0 spiro atoms. The average molecular weight is 403 g/mol. The van der Waals surface area contributed by atoms with E-state index in [9.17, 15) is 14.7 Å². The van der Waals surface area contributed by atoms with E-state index in [1.54, 1.807) is 36.4 Å². The maximum Gasteiger partial charge on any atom is 0.258 e. The van der Waals surface area contributed by atoms with Gasteiger partial charge in [0, 0.05) is 17.4 Å². The van der Waals surface area contributed by atoms with Crippen molar-refractivity contribution in [3.05, 3.63) is 71.3 Å². The van der Waals surface area contributed by atoms with Crippen LogP contribution in [-0.4, -0.2) is 25.6 Å². The van der Waals surface area contributed by atoms with Crippen LogP contribution < -0.4 is 19.9 Å². The van der Waals surface area contributed by atoms with Gasteiger partial charge in [-0.05, 0) is 41.8 Å². The number of hydrogen-bond donors (Lipinski definition) is 1. The Morgan fingerprint density at radius 3 is 2.54 bits per heavy atom. The van der Waals surface area contributed by atoms with Crippen molar-refractivity contribution in [2.24, 2.45) is 0 Å². The van der Waals surface area contributed by atoms with E-state index < -0.39 is 17.9 Å². The van der Waals surface area contributed by atoms with Gasteiger partial charge in [-0.25, -0.2) is 0 Å². The van der Waals surface area contributed by atoms with E-state index in [0.29, 0.717) is 28.5 Å². The molecule has 6 nitrogen and oxygen atoms in total. The van der Waals surface area contributed by atoms with Gasteiger partial charge in [0.1, 0.15) is 0 Å². The normalized spacial score (nSPS) is 11.4. The number of allylic oxidation sites excluding steroid dienone is 1. The number of carboxylic acid groups (broad SMARTS) is 1. The largest absolute Gasteiger partial charge is 0.550 e. The molecule has 0 aliphatic heterocycles. The maximum atomic E-state index is 12.3. The standard InChI is InChI=1S/C21H22ClNO5/c1-3-4-14-5-10-18(19(11-14)27-2)28-13-20(24)23-17(12-21(25)26)15-6-8-16(22)9-7-15/h3,5-11,17H,1,4,12-13H2,2H3,(H,23,24)(H,25,26)/p-1/t17-/m0/s1. The lowest BCUT2D eigenvalue weighted by Gasteiger charge is -2.20. The fourth-order valence-electron chi connectivity index (χ4n) is 2.62. The highest BCUT2D eigenvalue weighted by Crippen LogP contribution is 2.28. The Morgan fingerprint density at radius 2 is 1.93 bits per heavy atom. The van der Waals surface area contributed by atoms with Gasteiger partial charge in [0.05, 0.1) is 13.2 Å². The molecule has 7 heteroatoms. The predicted octanol–water partition coefficient (Wildman–Crippen LogP) is 2.45. The van der Waals surface area contributed by atoms with Crippen molar-refractivity contribution in [2.45, 2.75) is 18.9 Å². The second-order valence-corrected chi connectivity index (χ2v) is 6.45. The molecule has 1 N–H and O–H groups in total. The van der Waals surface area contributed by atoms with Crippen LogP contribution in [0.2, 0.25) is 5.02 Å². The van der Waals surface area contributed by atoms with E-state index in [1.165, 1.54) is 7.11 Å². The quantitative estimate of drug-likeness (QED) is 0.617. The SMILES string of the molecule is C=CCc1ccc(OCC(=O)N[C@@H](CC(=O)[O-])c2ccc(Cl)cc2)c(OC)c1. The molecule has 2 rings (SSSR count). The number of aliphatic carboxylic acids is 1. The van der Waals surface area contributed by atoms with Crippen molar-refractivity contribution in [3.8, 4) is 11.5 Å². The average Bonchev–Trinajstić information content (AvgIpc) is 2.66. The molecule has 0 fully saturated rings. The zero-order valence-electron chi connectivity index (χ0n) is 15.4. The number of amides is 1. The summed E-state index contributed by atoms with van der Waals surface area (Å²) in [5.74, 6) is -0.844. The topological polar surface area (TPSA) is 87.7 Å². The van der Waals surface area contributed by atoms with Crippen molar-refractivity contribution in [1.82, 2.24) is 5.32 Å². The summed E-state index contributed by atoms with van der Waals surface area (Å²) in [6.45, 7) is 3.40. The van der Waals surface area contributed by atoms with E-state index in [4.69, 9.17) is 21.1 Å². The second-order valence-electron chi connectivity index (χ2n) is 6.01. The third-order valence-corrected chi connectivity index (χ3v) is 4.20. The van der Waals surface area contributed by atoms with Gasteiger partial charge in [0.2, 0.25) is 0 Å². The van der Waals surface area contributed by atoms with Gasteiger partial charge in [-0.1, -0.05) is 35.9 Å². The molecule has 0 aromatic heterocycles. The van der Waals surface area contributed by atoms with Gasteiger partial charge >= 0.3 is 0 Å². The van der Waals surface area contributed by atoms with Crippen LogP contribution in [0.15, 0.2) is 55.1 Å². The van der Waals surface area contributed by atoms with E-state index >= 15 is 0 Å². The highest BCUT2D eigenvalue weighted by molar-refractivity contribution is 6.30. The van der Waals surface area contributed by atoms with E-state index in [0.717, 1.165) is 5.56 Å². The van der Waals surface area contributed by atoms with Crippen LogP contribution in [0, 0.1) is 0 Å². The Morgan fingerprint density at radius 1 is 1.21 bits per heavy atom. The zero-order chi connectivity index (χ0) is 20.5. The minimum absolute atomic E-state index is 0.297. The first kappa shape index (κ1) is 21.3. The molecule has 148 valence electrons. The summed E-state index contributed by atoms with van der Waals surface area (Å²) in [4.78, 5) is 23.3. The summed E-state index contributed by atoms with van der Waals surface area (Å²) in [6, 6.07) is 11.2. The molecule has 1 amide bonds. The summed E-state index contributed by atoms with van der Waals surface area (Å²) in [6.07, 6.45) is 2.09. The second kappa shape index (κ2) is 10.4. The molecular formula is C21H21ClNO5-. The van der Waals surface area contributed by atoms with Crippen LogP contribution in [0.4, 0.5) is 0 Å². The predicted molar refractivity (Wildman–Crippen MR) is 104 cm³/mol. The lowest BCUT2D eigenvalue weighted by molar-refractivity contribution is -0.306. The molecule has 0 bridgehead atoms. The Kier molecular flexibility index (Phi) is 7.89. The number of benzene rings is 2. The molecule has 1 atom stereocenters. The number of hydrogen-bond acceptors (Lipinski definition) is 5. The molecule has 2 aromatic carbocycles. The third-order valence-electron chi connectivity index (χ3n) is 3.95. The van der Waals surface area contributed by atoms with E-state index in [-0.39, 0.29) is 13.0 Å². The first-order chi connectivity index (χ1) is 13.4. The number of rotatable bonds is 10. The third kappa shape index (κ3) is 6.32. The number of carbonyl (C=O) groups excluding carboxylic acids is 2. The zero-order valence-corrected chi connectivity index (χ0v) is 16.2. The van der Waals surface area contributed by atoms with Crippen LogP contribution in [-0.2, 0) is 16.0 Å². The summed E-state index contributed by atoms with van der Waals surface area (Å²) >= 11 is 5.85. The van der Waals surface area contributed by atoms with Crippen LogP contribution >= 0.6 is 11.6 Å². The molecular weight excluding hydrogens is 382 g/mol. The van der Waals surface area contributed by atoms with E-state index in [2.05, 4.69) is 11.9 Å². The van der Waals surface area contributed by atoms with Gasteiger partial charge in [0.15, 0.2) is 18.1 Å².